The van der Waals surface area contributed by atoms with Gasteiger partial charge in [-0.25, -0.2) is 4.79 Å². The first-order valence-corrected chi connectivity index (χ1v) is 6.85. The maximum atomic E-state index is 11.7. The van der Waals surface area contributed by atoms with Crippen LogP contribution in [-0.4, -0.2) is 53.9 Å². The normalized spacial score (nSPS) is 18.4. The van der Waals surface area contributed by atoms with Gasteiger partial charge in [0, 0.05) is 20.1 Å². The van der Waals surface area contributed by atoms with Crippen molar-refractivity contribution < 1.29 is 19.8 Å². The predicted octanol–water partition coefficient (Wildman–Crippen LogP) is 1.05. The SMILES string of the molecule is CN(CCO)C(=O)NCC1(C(=O)O)CCCCCC1. The fourth-order valence-corrected chi connectivity index (χ4v) is 2.50. The van der Waals surface area contributed by atoms with E-state index in [-0.39, 0.29) is 25.7 Å². The molecule has 0 aromatic heterocycles. The second-order valence-corrected chi connectivity index (χ2v) is 5.30. The molecule has 1 saturated carbocycles. The molecule has 6 nitrogen and oxygen atoms in total. The standard InChI is InChI=1S/C13H24N2O4/c1-15(8-9-16)12(19)14-10-13(11(17)18)6-4-2-3-5-7-13/h16H,2-10H2,1H3,(H,14,19)(H,17,18). The van der Waals surface area contributed by atoms with Crippen molar-refractivity contribution in [2.75, 3.05) is 26.7 Å². The molecule has 0 aromatic rings. The number of aliphatic hydroxyl groups excluding tert-OH is 1. The highest BCUT2D eigenvalue weighted by molar-refractivity contribution is 5.78. The number of carbonyl (C=O) groups excluding carboxylic acids is 1. The van der Waals surface area contributed by atoms with Gasteiger partial charge >= 0.3 is 12.0 Å². The maximum Gasteiger partial charge on any atom is 0.317 e. The van der Waals surface area contributed by atoms with Gasteiger partial charge in [0.15, 0.2) is 0 Å². The van der Waals surface area contributed by atoms with E-state index in [0.717, 1.165) is 25.7 Å². The van der Waals surface area contributed by atoms with Crippen molar-refractivity contribution in [2.45, 2.75) is 38.5 Å². The van der Waals surface area contributed by atoms with Crippen LogP contribution in [0.4, 0.5) is 4.79 Å². The van der Waals surface area contributed by atoms with Gasteiger partial charge < -0.3 is 20.4 Å². The summed E-state index contributed by atoms with van der Waals surface area (Å²) in [5.41, 5.74) is -0.827. The van der Waals surface area contributed by atoms with Crippen LogP contribution >= 0.6 is 0 Å². The fraction of sp³-hybridized carbons (Fsp3) is 0.846. The minimum Gasteiger partial charge on any atom is -0.481 e. The number of aliphatic hydroxyl groups is 1. The van der Waals surface area contributed by atoms with Crippen LogP contribution in [0.25, 0.3) is 0 Å². The van der Waals surface area contributed by atoms with E-state index in [2.05, 4.69) is 5.32 Å². The van der Waals surface area contributed by atoms with E-state index in [1.807, 2.05) is 0 Å². The van der Waals surface area contributed by atoms with Gasteiger partial charge in [-0.15, -0.1) is 0 Å². The van der Waals surface area contributed by atoms with Gasteiger partial charge in [-0.05, 0) is 12.8 Å². The molecule has 0 atom stereocenters. The lowest BCUT2D eigenvalue weighted by molar-refractivity contribution is -0.149. The fourth-order valence-electron chi connectivity index (χ4n) is 2.50. The van der Waals surface area contributed by atoms with Crippen molar-refractivity contribution in [3.63, 3.8) is 0 Å². The van der Waals surface area contributed by atoms with Crippen LogP contribution in [0, 0.1) is 5.41 Å². The highest BCUT2D eigenvalue weighted by atomic mass is 16.4. The van der Waals surface area contributed by atoms with Crippen molar-refractivity contribution in [1.82, 2.24) is 10.2 Å². The third-order valence-corrected chi connectivity index (χ3v) is 3.87. The van der Waals surface area contributed by atoms with Crippen molar-refractivity contribution >= 4 is 12.0 Å². The number of rotatable bonds is 5. The van der Waals surface area contributed by atoms with E-state index < -0.39 is 11.4 Å². The van der Waals surface area contributed by atoms with Gasteiger partial charge in [-0.1, -0.05) is 25.7 Å². The van der Waals surface area contributed by atoms with Gasteiger partial charge in [-0.3, -0.25) is 4.79 Å². The second-order valence-electron chi connectivity index (χ2n) is 5.30. The summed E-state index contributed by atoms with van der Waals surface area (Å²) in [6.07, 6.45) is 5.16. The van der Waals surface area contributed by atoms with E-state index in [9.17, 15) is 14.7 Å². The Morgan fingerprint density at radius 3 is 2.26 bits per heavy atom. The first kappa shape index (κ1) is 15.8. The first-order chi connectivity index (χ1) is 9.02. The molecule has 0 saturated heterocycles. The number of carboxylic acid groups (broad SMARTS) is 1. The summed E-state index contributed by atoms with van der Waals surface area (Å²) in [6, 6.07) is -0.334. The number of urea groups is 1. The second kappa shape index (κ2) is 7.33. The molecule has 0 heterocycles. The van der Waals surface area contributed by atoms with Gasteiger partial charge in [0.1, 0.15) is 0 Å². The number of carboxylic acids is 1. The Kier molecular flexibility index (Phi) is 6.08. The molecule has 0 aromatic carbocycles. The van der Waals surface area contributed by atoms with E-state index in [1.165, 1.54) is 4.90 Å². The molecule has 6 heteroatoms. The topological polar surface area (TPSA) is 89.9 Å². The maximum absolute atomic E-state index is 11.7. The van der Waals surface area contributed by atoms with Crippen LogP contribution < -0.4 is 5.32 Å². The zero-order valence-corrected chi connectivity index (χ0v) is 11.5. The highest BCUT2D eigenvalue weighted by Crippen LogP contribution is 2.34. The molecule has 19 heavy (non-hydrogen) atoms. The lowest BCUT2D eigenvalue weighted by atomic mass is 9.80. The lowest BCUT2D eigenvalue weighted by Gasteiger charge is -2.29. The number of nitrogens with one attached hydrogen (secondary N) is 1. The molecule has 0 unspecified atom stereocenters. The summed E-state index contributed by atoms with van der Waals surface area (Å²) in [5.74, 6) is -0.820. The Morgan fingerprint density at radius 1 is 1.21 bits per heavy atom. The molecule has 0 radical (unpaired) electrons. The average Bonchev–Trinajstić information content (AvgIpc) is 2.62. The van der Waals surface area contributed by atoms with Crippen LogP contribution in [0.2, 0.25) is 0 Å². The Labute approximate surface area is 113 Å². The summed E-state index contributed by atoms with van der Waals surface area (Å²) >= 11 is 0. The lowest BCUT2D eigenvalue weighted by Crippen LogP contribution is -2.47. The number of hydrogen-bond acceptors (Lipinski definition) is 3. The van der Waals surface area contributed by atoms with E-state index in [4.69, 9.17) is 5.11 Å². The third-order valence-electron chi connectivity index (χ3n) is 3.87. The molecule has 3 N–H and O–H groups in total. The molecule has 0 bridgehead atoms. The molecule has 1 rings (SSSR count). The number of nitrogens with zero attached hydrogens (tertiary/aromatic N) is 1. The van der Waals surface area contributed by atoms with Gasteiger partial charge in [0.05, 0.1) is 12.0 Å². The van der Waals surface area contributed by atoms with Gasteiger partial charge in [-0.2, -0.15) is 0 Å². The van der Waals surface area contributed by atoms with Crippen LogP contribution in [0.1, 0.15) is 38.5 Å². The molecular weight excluding hydrogens is 248 g/mol. The van der Waals surface area contributed by atoms with Crippen LogP contribution in [0.15, 0.2) is 0 Å². The Morgan fingerprint density at radius 2 is 1.79 bits per heavy atom. The molecule has 1 aliphatic rings. The Hall–Kier alpha value is -1.30. The minimum atomic E-state index is -0.827. The number of hydrogen-bond donors (Lipinski definition) is 3. The van der Waals surface area contributed by atoms with Crippen molar-refractivity contribution in [3.05, 3.63) is 0 Å². The number of amides is 2. The zero-order chi connectivity index (χ0) is 14.3. The number of aliphatic carboxylic acids is 1. The average molecular weight is 272 g/mol. The van der Waals surface area contributed by atoms with Crippen molar-refractivity contribution in [1.29, 1.82) is 0 Å². The summed E-state index contributed by atoms with van der Waals surface area (Å²) < 4.78 is 0. The molecule has 1 fully saturated rings. The first-order valence-electron chi connectivity index (χ1n) is 6.85. The highest BCUT2D eigenvalue weighted by Gasteiger charge is 2.39. The number of likely N-dealkylation sites (N-methyl/N-ethyl adjacent to an activating group) is 1. The summed E-state index contributed by atoms with van der Waals surface area (Å²) in [7, 11) is 1.58. The van der Waals surface area contributed by atoms with Crippen LogP contribution in [-0.2, 0) is 4.79 Å². The monoisotopic (exact) mass is 272 g/mol. The molecule has 0 aliphatic heterocycles. The summed E-state index contributed by atoms with van der Waals surface area (Å²) in [5, 5.41) is 20.9. The van der Waals surface area contributed by atoms with Crippen LogP contribution in [0.3, 0.4) is 0 Å². The van der Waals surface area contributed by atoms with Crippen molar-refractivity contribution in [2.24, 2.45) is 5.41 Å². The molecule has 2 amide bonds. The Balaban J connectivity index is 2.58. The van der Waals surface area contributed by atoms with E-state index in [0.29, 0.717) is 12.8 Å². The van der Waals surface area contributed by atoms with Gasteiger partial charge in [0.2, 0.25) is 0 Å². The number of carbonyl (C=O) groups is 2. The van der Waals surface area contributed by atoms with Crippen LogP contribution in [0.5, 0.6) is 0 Å². The molecular formula is C13H24N2O4. The third kappa shape index (κ3) is 4.38. The van der Waals surface area contributed by atoms with Crippen molar-refractivity contribution in [3.8, 4) is 0 Å². The predicted molar refractivity (Wildman–Crippen MR) is 70.9 cm³/mol. The molecule has 110 valence electrons. The summed E-state index contributed by atoms with van der Waals surface area (Å²) in [6.45, 7) is 0.302. The Bertz CT molecular complexity index is 312. The summed E-state index contributed by atoms with van der Waals surface area (Å²) in [4.78, 5) is 24.6. The quantitative estimate of drug-likeness (QED) is 0.652. The molecule has 0 spiro atoms. The van der Waals surface area contributed by atoms with E-state index >= 15 is 0 Å². The van der Waals surface area contributed by atoms with Gasteiger partial charge in [0.25, 0.3) is 0 Å². The van der Waals surface area contributed by atoms with E-state index in [1.54, 1.807) is 7.05 Å². The zero-order valence-electron chi connectivity index (χ0n) is 11.5. The smallest absolute Gasteiger partial charge is 0.317 e. The minimum absolute atomic E-state index is 0.103. The largest absolute Gasteiger partial charge is 0.481 e. The molecule has 1 aliphatic carbocycles.